The summed E-state index contributed by atoms with van der Waals surface area (Å²) in [4.78, 5) is 12.6. The van der Waals surface area contributed by atoms with Gasteiger partial charge in [0.1, 0.15) is 0 Å². The summed E-state index contributed by atoms with van der Waals surface area (Å²) in [6.07, 6.45) is 7.02. The Balaban J connectivity index is 0.00000182. The molecule has 2 aromatic rings. The van der Waals surface area contributed by atoms with Crippen LogP contribution in [-0.2, 0) is 4.79 Å². The molecule has 2 fully saturated rings. The van der Waals surface area contributed by atoms with Crippen LogP contribution in [0, 0.1) is 11.3 Å². The van der Waals surface area contributed by atoms with Crippen LogP contribution in [0.25, 0.3) is 5.69 Å². The summed E-state index contributed by atoms with van der Waals surface area (Å²) in [6.45, 7) is 4.15. The van der Waals surface area contributed by atoms with Crippen molar-refractivity contribution in [3.8, 4) is 5.69 Å². The lowest BCUT2D eigenvalue weighted by atomic mass is 9.91. The maximum absolute atomic E-state index is 12.6. The molecule has 1 amide bonds. The normalized spacial score (nSPS) is 22.0. The number of piperidine rings is 1. The van der Waals surface area contributed by atoms with E-state index in [0.717, 1.165) is 43.6 Å². The van der Waals surface area contributed by atoms with Crippen molar-refractivity contribution < 1.29 is 4.79 Å². The summed E-state index contributed by atoms with van der Waals surface area (Å²) in [5.74, 6) is 0.436. The van der Waals surface area contributed by atoms with E-state index in [1.54, 1.807) is 6.20 Å². The second-order valence-electron chi connectivity index (χ2n) is 7.14. The van der Waals surface area contributed by atoms with Crippen LogP contribution in [0.2, 0.25) is 0 Å². The fourth-order valence-corrected chi connectivity index (χ4v) is 3.93. The van der Waals surface area contributed by atoms with E-state index in [1.165, 1.54) is 0 Å². The average molecular weight is 361 g/mol. The molecule has 1 saturated carbocycles. The van der Waals surface area contributed by atoms with Crippen LogP contribution < -0.4 is 10.6 Å². The summed E-state index contributed by atoms with van der Waals surface area (Å²) >= 11 is 0. The van der Waals surface area contributed by atoms with Crippen molar-refractivity contribution in [3.63, 3.8) is 0 Å². The summed E-state index contributed by atoms with van der Waals surface area (Å²) in [5, 5.41) is 10.8. The van der Waals surface area contributed by atoms with E-state index < -0.39 is 0 Å². The fraction of sp³-hybridized carbons (Fsp3) is 0.474. The molecule has 1 aromatic carbocycles. The monoisotopic (exact) mass is 360 g/mol. The Morgan fingerprint density at radius 1 is 1.32 bits per heavy atom. The van der Waals surface area contributed by atoms with Gasteiger partial charge < -0.3 is 10.6 Å². The molecule has 1 saturated heterocycles. The van der Waals surface area contributed by atoms with Gasteiger partial charge in [-0.2, -0.15) is 5.10 Å². The van der Waals surface area contributed by atoms with E-state index in [1.807, 2.05) is 29.1 Å². The molecular weight excluding hydrogens is 336 g/mol. The zero-order valence-corrected chi connectivity index (χ0v) is 15.3. The molecule has 2 atom stereocenters. The molecule has 6 heteroatoms. The molecular formula is C19H25ClN4O. The Morgan fingerprint density at radius 3 is 2.68 bits per heavy atom. The summed E-state index contributed by atoms with van der Waals surface area (Å²) in [5.41, 5.74) is 2.44. The van der Waals surface area contributed by atoms with Gasteiger partial charge in [0.15, 0.2) is 0 Å². The Hall–Kier alpha value is -1.85. The first-order valence-electron chi connectivity index (χ1n) is 8.79. The van der Waals surface area contributed by atoms with E-state index >= 15 is 0 Å². The Labute approximate surface area is 154 Å². The van der Waals surface area contributed by atoms with Crippen molar-refractivity contribution >= 4 is 18.3 Å². The molecule has 1 aliphatic heterocycles. The molecule has 5 nitrogen and oxygen atoms in total. The first-order chi connectivity index (χ1) is 11.7. The molecule has 2 heterocycles. The lowest BCUT2D eigenvalue weighted by Crippen LogP contribution is -2.34. The highest BCUT2D eigenvalue weighted by molar-refractivity contribution is 5.85. The van der Waals surface area contributed by atoms with Gasteiger partial charge in [-0.1, -0.05) is 12.1 Å². The number of carbonyl (C=O) groups excluding carboxylic acids is 1. The average Bonchev–Trinajstić information content (AvgIpc) is 3.05. The number of aromatic nitrogens is 2. The van der Waals surface area contributed by atoms with Crippen molar-refractivity contribution in [1.82, 2.24) is 20.4 Å². The molecule has 134 valence electrons. The number of hydrogen-bond donors (Lipinski definition) is 2. The van der Waals surface area contributed by atoms with Gasteiger partial charge >= 0.3 is 0 Å². The van der Waals surface area contributed by atoms with E-state index in [-0.39, 0.29) is 30.3 Å². The zero-order valence-electron chi connectivity index (χ0n) is 14.4. The van der Waals surface area contributed by atoms with Crippen LogP contribution in [0.4, 0.5) is 0 Å². The molecule has 25 heavy (non-hydrogen) atoms. The van der Waals surface area contributed by atoms with Crippen molar-refractivity contribution in [3.05, 3.63) is 48.3 Å². The first kappa shape index (κ1) is 18.0. The molecule has 4 rings (SSSR count). The lowest BCUT2D eigenvalue weighted by Gasteiger charge is -2.24. The maximum atomic E-state index is 12.6. The van der Waals surface area contributed by atoms with Crippen LogP contribution in [0.1, 0.15) is 37.8 Å². The largest absolute Gasteiger partial charge is 0.349 e. The van der Waals surface area contributed by atoms with Gasteiger partial charge in [-0.3, -0.25) is 4.79 Å². The quantitative estimate of drug-likeness (QED) is 0.881. The summed E-state index contributed by atoms with van der Waals surface area (Å²) in [6, 6.07) is 10.1. The maximum Gasteiger partial charge on any atom is 0.224 e. The minimum Gasteiger partial charge on any atom is -0.349 e. The first-order valence-corrected chi connectivity index (χ1v) is 8.79. The summed E-state index contributed by atoms with van der Waals surface area (Å²) in [7, 11) is 0. The number of carbonyl (C=O) groups is 1. The number of benzene rings is 1. The molecule has 2 N–H and O–H groups in total. The fourth-order valence-electron chi connectivity index (χ4n) is 3.93. The predicted octanol–water partition coefficient (Wildman–Crippen LogP) is 2.86. The Morgan fingerprint density at radius 2 is 2.04 bits per heavy atom. The smallest absolute Gasteiger partial charge is 0.224 e. The zero-order chi connectivity index (χ0) is 16.6. The third-order valence-corrected chi connectivity index (χ3v) is 5.63. The third-order valence-electron chi connectivity index (χ3n) is 5.63. The van der Waals surface area contributed by atoms with Gasteiger partial charge in [0.05, 0.1) is 11.7 Å². The predicted molar refractivity (Wildman–Crippen MR) is 100 cm³/mol. The van der Waals surface area contributed by atoms with Gasteiger partial charge in [-0.15, -0.1) is 12.4 Å². The van der Waals surface area contributed by atoms with E-state index in [4.69, 9.17) is 0 Å². The van der Waals surface area contributed by atoms with Crippen LogP contribution in [0.15, 0.2) is 42.7 Å². The number of rotatable bonds is 4. The number of amides is 1. The van der Waals surface area contributed by atoms with Crippen molar-refractivity contribution in [2.75, 3.05) is 13.1 Å². The number of nitrogens with zero attached hydrogens (tertiary/aromatic N) is 2. The van der Waals surface area contributed by atoms with E-state index in [2.05, 4.69) is 34.8 Å². The lowest BCUT2D eigenvalue weighted by molar-refractivity contribution is -0.123. The second kappa shape index (κ2) is 7.18. The Bertz CT molecular complexity index is 708. The van der Waals surface area contributed by atoms with Crippen LogP contribution >= 0.6 is 12.4 Å². The molecule has 0 bridgehead atoms. The molecule has 1 aliphatic carbocycles. The minimum atomic E-state index is 0. The molecule has 1 spiro atoms. The topological polar surface area (TPSA) is 59.0 Å². The Kier molecular flexibility index (Phi) is 5.16. The highest BCUT2D eigenvalue weighted by Gasteiger charge is 2.57. The SMILES string of the molecule is CC(NC(=O)C1CC12CCNCC2)c1ccc(-n2cccn2)cc1.Cl. The van der Waals surface area contributed by atoms with Gasteiger partial charge in [0.25, 0.3) is 0 Å². The second-order valence-corrected chi connectivity index (χ2v) is 7.14. The van der Waals surface area contributed by atoms with Crippen molar-refractivity contribution in [2.45, 2.75) is 32.2 Å². The van der Waals surface area contributed by atoms with E-state index in [9.17, 15) is 4.79 Å². The highest BCUT2D eigenvalue weighted by atomic mass is 35.5. The standard InChI is InChI=1S/C19H24N4O.ClH/c1-14(15-3-5-16(6-4-15)23-12-2-9-21-23)22-18(24)17-13-19(17)7-10-20-11-8-19;/h2-6,9,12,14,17,20H,7-8,10-11,13H2,1H3,(H,22,24);1H. The highest BCUT2D eigenvalue weighted by Crippen LogP contribution is 2.58. The number of hydrogen-bond acceptors (Lipinski definition) is 3. The molecule has 2 aliphatic rings. The van der Waals surface area contributed by atoms with E-state index in [0.29, 0.717) is 5.41 Å². The summed E-state index contributed by atoms with van der Waals surface area (Å²) < 4.78 is 1.83. The molecule has 2 unspecified atom stereocenters. The van der Waals surface area contributed by atoms with Gasteiger partial charge in [0, 0.05) is 18.3 Å². The third kappa shape index (κ3) is 3.58. The number of nitrogens with one attached hydrogen (secondary N) is 2. The van der Waals surface area contributed by atoms with Gasteiger partial charge in [-0.05, 0) is 68.5 Å². The number of halogens is 1. The van der Waals surface area contributed by atoms with Crippen molar-refractivity contribution in [2.24, 2.45) is 11.3 Å². The minimum absolute atomic E-state index is 0. The van der Waals surface area contributed by atoms with Crippen molar-refractivity contribution in [1.29, 1.82) is 0 Å². The van der Waals surface area contributed by atoms with Crippen LogP contribution in [0.5, 0.6) is 0 Å². The molecule has 1 aromatic heterocycles. The molecule has 0 radical (unpaired) electrons. The van der Waals surface area contributed by atoms with Crippen LogP contribution in [-0.4, -0.2) is 28.8 Å². The van der Waals surface area contributed by atoms with Crippen LogP contribution in [0.3, 0.4) is 0 Å². The van der Waals surface area contributed by atoms with Gasteiger partial charge in [0.2, 0.25) is 5.91 Å². The van der Waals surface area contributed by atoms with Gasteiger partial charge in [-0.25, -0.2) is 4.68 Å².